The minimum atomic E-state index is 0.118. The van der Waals surface area contributed by atoms with Crippen molar-refractivity contribution < 1.29 is 9.47 Å². The summed E-state index contributed by atoms with van der Waals surface area (Å²) in [6, 6.07) is 1.37. The van der Waals surface area contributed by atoms with E-state index in [0.29, 0.717) is 6.04 Å². The monoisotopic (exact) mass is 282 g/mol. The van der Waals surface area contributed by atoms with Crippen molar-refractivity contribution >= 4 is 0 Å². The Morgan fingerprint density at radius 1 is 1.15 bits per heavy atom. The van der Waals surface area contributed by atoms with Crippen LogP contribution in [0.5, 0.6) is 0 Å². The molecule has 2 unspecified atom stereocenters. The molecule has 3 aliphatic rings. The lowest BCUT2D eigenvalue weighted by molar-refractivity contribution is -0.140. The highest BCUT2D eigenvalue weighted by atomic mass is 16.5. The minimum absolute atomic E-state index is 0.118. The molecule has 1 spiro atoms. The van der Waals surface area contributed by atoms with E-state index >= 15 is 0 Å². The number of likely N-dealkylation sites (N-methyl/N-ethyl adjacent to an activating group) is 1. The largest absolute Gasteiger partial charge is 0.381 e. The van der Waals surface area contributed by atoms with Gasteiger partial charge in [-0.2, -0.15) is 0 Å². The number of rotatable bonds is 3. The van der Waals surface area contributed by atoms with Crippen LogP contribution in [-0.4, -0.2) is 62.5 Å². The molecule has 0 aromatic rings. The highest BCUT2D eigenvalue weighted by Crippen LogP contribution is 2.34. The number of nitrogens with zero attached hydrogens (tertiary/aromatic N) is 1. The number of hydrogen-bond acceptors (Lipinski definition) is 4. The molecule has 0 bridgehead atoms. The van der Waals surface area contributed by atoms with E-state index in [4.69, 9.17) is 9.47 Å². The third-order valence-electron chi connectivity index (χ3n) is 5.46. The van der Waals surface area contributed by atoms with Crippen molar-refractivity contribution in [3.63, 3.8) is 0 Å². The maximum absolute atomic E-state index is 6.12. The van der Waals surface area contributed by atoms with Crippen LogP contribution in [0.2, 0.25) is 0 Å². The fourth-order valence-corrected chi connectivity index (χ4v) is 4.00. The zero-order chi connectivity index (χ0) is 13.8. The van der Waals surface area contributed by atoms with Gasteiger partial charge in [0.1, 0.15) is 0 Å². The van der Waals surface area contributed by atoms with Gasteiger partial charge in [0.15, 0.2) is 0 Å². The van der Waals surface area contributed by atoms with Gasteiger partial charge in [-0.15, -0.1) is 0 Å². The van der Waals surface area contributed by atoms with Gasteiger partial charge in [-0.25, -0.2) is 0 Å². The summed E-state index contributed by atoms with van der Waals surface area (Å²) in [5, 5.41) is 3.83. The average Bonchev–Trinajstić information content (AvgIpc) is 2.47. The SMILES string of the molecule is CN1CCCCC1CNC1CCOC2(CCOCC2)C1. The molecule has 0 aromatic heterocycles. The first-order chi connectivity index (χ1) is 9.77. The molecule has 0 aromatic carbocycles. The van der Waals surface area contributed by atoms with Crippen LogP contribution in [0.3, 0.4) is 0 Å². The fraction of sp³-hybridized carbons (Fsp3) is 1.00. The van der Waals surface area contributed by atoms with Gasteiger partial charge < -0.3 is 19.7 Å². The Bertz CT molecular complexity index is 299. The van der Waals surface area contributed by atoms with Crippen molar-refractivity contribution in [1.82, 2.24) is 10.2 Å². The van der Waals surface area contributed by atoms with Crippen LogP contribution >= 0.6 is 0 Å². The van der Waals surface area contributed by atoms with Crippen LogP contribution in [0.4, 0.5) is 0 Å². The van der Waals surface area contributed by atoms with Gasteiger partial charge >= 0.3 is 0 Å². The molecule has 3 fully saturated rings. The van der Waals surface area contributed by atoms with Gasteiger partial charge in [0.25, 0.3) is 0 Å². The highest BCUT2D eigenvalue weighted by Gasteiger charge is 2.39. The average molecular weight is 282 g/mol. The van der Waals surface area contributed by atoms with Gasteiger partial charge in [0.2, 0.25) is 0 Å². The van der Waals surface area contributed by atoms with Gasteiger partial charge in [-0.3, -0.25) is 0 Å². The van der Waals surface area contributed by atoms with Crippen molar-refractivity contribution in [2.75, 3.05) is 40.0 Å². The maximum atomic E-state index is 6.12. The molecule has 3 heterocycles. The first-order valence-electron chi connectivity index (χ1n) is 8.43. The third-order valence-corrected chi connectivity index (χ3v) is 5.46. The van der Waals surface area contributed by atoms with Crippen LogP contribution in [0.15, 0.2) is 0 Å². The lowest BCUT2D eigenvalue weighted by atomic mass is 9.84. The van der Waals surface area contributed by atoms with Crippen molar-refractivity contribution in [3.05, 3.63) is 0 Å². The van der Waals surface area contributed by atoms with Crippen LogP contribution in [0.25, 0.3) is 0 Å². The van der Waals surface area contributed by atoms with Crippen molar-refractivity contribution in [2.45, 2.75) is 62.6 Å². The molecule has 0 amide bonds. The molecule has 0 aliphatic carbocycles. The first-order valence-corrected chi connectivity index (χ1v) is 8.43. The van der Waals surface area contributed by atoms with Crippen LogP contribution in [0.1, 0.15) is 44.9 Å². The Morgan fingerprint density at radius 3 is 2.80 bits per heavy atom. The number of piperidine rings is 1. The van der Waals surface area contributed by atoms with E-state index in [2.05, 4.69) is 17.3 Å². The number of nitrogens with one attached hydrogen (secondary N) is 1. The zero-order valence-corrected chi connectivity index (χ0v) is 12.9. The summed E-state index contributed by atoms with van der Waals surface area (Å²) in [7, 11) is 2.27. The number of hydrogen-bond donors (Lipinski definition) is 1. The molecular weight excluding hydrogens is 252 g/mol. The normalized spacial score (nSPS) is 35.2. The molecule has 116 valence electrons. The summed E-state index contributed by atoms with van der Waals surface area (Å²) in [4.78, 5) is 2.53. The molecular formula is C16H30N2O2. The van der Waals surface area contributed by atoms with Gasteiger partial charge in [-0.1, -0.05) is 6.42 Å². The predicted octanol–water partition coefficient (Wildman–Crippen LogP) is 1.79. The molecule has 0 radical (unpaired) electrons. The van der Waals surface area contributed by atoms with Gasteiger partial charge in [0.05, 0.1) is 5.60 Å². The molecule has 2 atom stereocenters. The van der Waals surface area contributed by atoms with Gasteiger partial charge in [-0.05, 0) is 52.1 Å². The second-order valence-electron chi connectivity index (χ2n) is 6.87. The summed E-state index contributed by atoms with van der Waals surface area (Å²) in [5.41, 5.74) is 0.118. The Labute approximate surface area is 123 Å². The van der Waals surface area contributed by atoms with E-state index < -0.39 is 0 Å². The fourth-order valence-electron chi connectivity index (χ4n) is 4.00. The standard InChI is InChI=1S/C16H30N2O2/c1-18-8-3-2-4-15(18)13-17-14-5-9-20-16(12-14)6-10-19-11-7-16/h14-15,17H,2-13H2,1H3. The van der Waals surface area contributed by atoms with E-state index in [0.717, 1.165) is 45.2 Å². The van der Waals surface area contributed by atoms with Gasteiger partial charge in [0, 0.05) is 38.4 Å². The maximum Gasteiger partial charge on any atom is 0.0741 e. The smallest absolute Gasteiger partial charge is 0.0741 e. The van der Waals surface area contributed by atoms with Crippen LogP contribution in [-0.2, 0) is 9.47 Å². The van der Waals surface area contributed by atoms with E-state index in [1.54, 1.807) is 0 Å². The Morgan fingerprint density at radius 2 is 2.00 bits per heavy atom. The minimum Gasteiger partial charge on any atom is -0.381 e. The molecule has 4 nitrogen and oxygen atoms in total. The molecule has 3 aliphatic heterocycles. The molecule has 1 N–H and O–H groups in total. The second-order valence-corrected chi connectivity index (χ2v) is 6.87. The summed E-state index contributed by atoms with van der Waals surface area (Å²) in [6.07, 6.45) is 8.61. The third kappa shape index (κ3) is 3.53. The second kappa shape index (κ2) is 6.73. The quantitative estimate of drug-likeness (QED) is 0.856. The molecule has 4 heteroatoms. The topological polar surface area (TPSA) is 33.7 Å². The summed E-state index contributed by atoms with van der Waals surface area (Å²) in [5.74, 6) is 0. The molecule has 3 saturated heterocycles. The Kier molecular flexibility index (Phi) is 4.97. The first kappa shape index (κ1) is 14.8. The molecule has 3 rings (SSSR count). The van der Waals surface area contributed by atoms with E-state index in [1.807, 2.05) is 0 Å². The Balaban J connectivity index is 1.47. The number of ether oxygens (including phenoxy) is 2. The number of likely N-dealkylation sites (tertiary alicyclic amines) is 1. The Hall–Kier alpha value is -0.160. The van der Waals surface area contributed by atoms with Crippen LogP contribution < -0.4 is 5.32 Å². The van der Waals surface area contributed by atoms with E-state index in [9.17, 15) is 0 Å². The lowest BCUT2D eigenvalue weighted by Crippen LogP contribution is -2.52. The summed E-state index contributed by atoms with van der Waals surface area (Å²) in [6.45, 7) is 5.07. The van der Waals surface area contributed by atoms with Crippen LogP contribution in [0, 0.1) is 0 Å². The predicted molar refractivity (Wildman–Crippen MR) is 80.0 cm³/mol. The van der Waals surface area contributed by atoms with Crippen molar-refractivity contribution in [2.24, 2.45) is 0 Å². The van der Waals surface area contributed by atoms with E-state index in [-0.39, 0.29) is 5.60 Å². The lowest BCUT2D eigenvalue weighted by Gasteiger charge is -2.44. The highest BCUT2D eigenvalue weighted by molar-refractivity contribution is 4.92. The summed E-state index contributed by atoms with van der Waals surface area (Å²) < 4.78 is 11.6. The zero-order valence-electron chi connectivity index (χ0n) is 12.9. The summed E-state index contributed by atoms with van der Waals surface area (Å²) >= 11 is 0. The van der Waals surface area contributed by atoms with Crippen molar-refractivity contribution in [3.8, 4) is 0 Å². The van der Waals surface area contributed by atoms with E-state index in [1.165, 1.54) is 38.6 Å². The molecule has 0 saturated carbocycles. The molecule has 20 heavy (non-hydrogen) atoms. The van der Waals surface area contributed by atoms with Crippen molar-refractivity contribution in [1.29, 1.82) is 0 Å².